The van der Waals surface area contributed by atoms with Crippen LogP contribution in [0.5, 0.6) is 5.75 Å². The van der Waals surface area contributed by atoms with E-state index >= 15 is 0 Å². The minimum atomic E-state index is -1.89. The number of hydrogen-bond acceptors (Lipinski definition) is 18. The van der Waals surface area contributed by atoms with Crippen LogP contribution < -0.4 is 0 Å². The lowest BCUT2D eigenvalue weighted by Crippen LogP contribution is -2.81. The van der Waals surface area contributed by atoms with Crippen LogP contribution in [0, 0.1) is 11.3 Å². The third-order valence-corrected chi connectivity index (χ3v) is 12.0. The van der Waals surface area contributed by atoms with Crippen LogP contribution in [0.1, 0.15) is 40.5 Å². The third-order valence-electron chi connectivity index (χ3n) is 12.0. The Hall–Kier alpha value is -3.34. The highest BCUT2D eigenvalue weighted by molar-refractivity contribution is 5.90. The van der Waals surface area contributed by atoms with Crippen molar-refractivity contribution in [3.63, 3.8) is 0 Å². The number of esters is 2. The van der Waals surface area contributed by atoms with Crippen LogP contribution in [-0.4, -0.2) is 157 Å². The molecule has 18 heteroatoms. The molecule has 0 radical (unpaired) electrons. The van der Waals surface area contributed by atoms with Gasteiger partial charge in [0, 0.05) is 12.3 Å². The summed E-state index contributed by atoms with van der Waals surface area (Å²) in [4.78, 5) is 26.1. The number of phenolic OH excluding ortho intramolecular Hbond substituents is 1. The zero-order valence-corrected chi connectivity index (χ0v) is 28.8. The molecule has 0 aromatic heterocycles. The molecule has 3 aliphatic carbocycles. The highest BCUT2D eigenvalue weighted by atomic mass is 16.8. The van der Waals surface area contributed by atoms with E-state index in [-0.39, 0.29) is 36.3 Å². The molecule has 3 saturated carbocycles. The second kappa shape index (κ2) is 13.4. The van der Waals surface area contributed by atoms with E-state index in [1.54, 1.807) is 25.1 Å². The summed E-state index contributed by atoms with van der Waals surface area (Å²) in [6.45, 7) is -0.0286. The van der Waals surface area contributed by atoms with Crippen molar-refractivity contribution in [2.45, 2.75) is 104 Å². The molecule has 8 N–H and O–H groups in total. The van der Waals surface area contributed by atoms with Crippen molar-refractivity contribution in [2.75, 3.05) is 19.8 Å². The summed E-state index contributed by atoms with van der Waals surface area (Å²) >= 11 is 0. The first kappa shape index (κ1) is 37.6. The minimum absolute atomic E-state index is 0.0513. The first-order valence-electron chi connectivity index (χ1n) is 17.6. The van der Waals surface area contributed by atoms with Crippen LogP contribution in [0.15, 0.2) is 54.6 Å². The Bertz CT molecular complexity index is 1730. The smallest absolute Gasteiger partial charge is 0.338 e. The highest BCUT2D eigenvalue weighted by Gasteiger charge is 2.94. The van der Waals surface area contributed by atoms with E-state index in [1.807, 2.05) is 0 Å². The summed E-state index contributed by atoms with van der Waals surface area (Å²) in [5, 5.41) is 85.3. The molecule has 18 nitrogen and oxygen atoms in total. The van der Waals surface area contributed by atoms with Gasteiger partial charge in [-0.05, 0) is 49.7 Å². The average molecular weight is 763 g/mol. The Labute approximate surface area is 307 Å². The second-order valence-electron chi connectivity index (χ2n) is 15.0. The first-order chi connectivity index (χ1) is 25.7. The van der Waals surface area contributed by atoms with Crippen LogP contribution in [0.2, 0.25) is 0 Å². The molecule has 0 spiro atoms. The van der Waals surface area contributed by atoms with Crippen molar-refractivity contribution in [3.05, 3.63) is 65.7 Å². The summed E-state index contributed by atoms with van der Waals surface area (Å²) in [5.41, 5.74) is -3.69. The van der Waals surface area contributed by atoms with Crippen molar-refractivity contribution in [1.29, 1.82) is 0 Å². The van der Waals surface area contributed by atoms with Gasteiger partial charge < -0.3 is 78.7 Å². The lowest BCUT2D eigenvalue weighted by Gasteiger charge is -2.67. The predicted molar refractivity (Wildman–Crippen MR) is 173 cm³/mol. The van der Waals surface area contributed by atoms with Crippen LogP contribution in [0.3, 0.4) is 0 Å². The average Bonchev–Trinajstić information content (AvgIpc) is 3.35. The molecule has 5 aliphatic heterocycles. The van der Waals surface area contributed by atoms with Gasteiger partial charge >= 0.3 is 11.9 Å². The number of aromatic hydroxyl groups is 1. The van der Waals surface area contributed by atoms with Gasteiger partial charge in [-0.15, -0.1) is 0 Å². The van der Waals surface area contributed by atoms with Gasteiger partial charge in [-0.1, -0.05) is 18.2 Å². The highest BCUT2D eigenvalue weighted by Crippen LogP contribution is 2.81. The molecule has 8 fully saturated rings. The fourth-order valence-electron chi connectivity index (χ4n) is 9.19. The van der Waals surface area contributed by atoms with E-state index in [4.69, 9.17) is 37.9 Å². The standard InChI is InChI=1S/C36H42O18/c1-33-14-35(46)21-11-36(33,34(21,32(53-33)54-35)15-48-29(45)17-7-9-18(38)10-8-17)52-31-26(43)24(41)27(51-30-25(42)23(40)22(39)19(12-37)49-30)20(50-31)13-47-28(44)16-5-3-2-4-6-16/h2-10,19-27,30-32,37-43,46H,11-15H2,1H3/t19-,20-,21-,22-,23+,24-,25-,26-,27-,30+,31+,32-,33+,34+,35-,36+/m1/s1. The molecular formula is C36H42O18. The molecule has 2 aromatic carbocycles. The fourth-order valence-corrected chi connectivity index (χ4v) is 9.19. The van der Waals surface area contributed by atoms with Crippen molar-refractivity contribution in [1.82, 2.24) is 0 Å². The monoisotopic (exact) mass is 762 g/mol. The minimum Gasteiger partial charge on any atom is -0.508 e. The summed E-state index contributed by atoms with van der Waals surface area (Å²) in [5.74, 6) is -3.84. The van der Waals surface area contributed by atoms with Crippen molar-refractivity contribution in [2.24, 2.45) is 11.3 Å². The molecule has 2 aromatic rings. The summed E-state index contributed by atoms with van der Waals surface area (Å²) in [7, 11) is 0. The van der Waals surface area contributed by atoms with Crippen LogP contribution in [0.4, 0.5) is 0 Å². The maximum Gasteiger partial charge on any atom is 0.338 e. The number of ether oxygens (including phenoxy) is 8. The van der Waals surface area contributed by atoms with E-state index in [2.05, 4.69) is 0 Å². The van der Waals surface area contributed by atoms with E-state index < -0.39 is 121 Å². The molecule has 54 heavy (non-hydrogen) atoms. The summed E-state index contributed by atoms with van der Waals surface area (Å²) in [6.07, 6.45) is -18.1. The number of rotatable bonds is 11. The number of hydrogen-bond donors (Lipinski definition) is 8. The van der Waals surface area contributed by atoms with Gasteiger partial charge in [0.1, 0.15) is 79.0 Å². The molecule has 16 atom stereocenters. The predicted octanol–water partition coefficient (Wildman–Crippen LogP) is -1.96. The van der Waals surface area contributed by atoms with Crippen molar-refractivity contribution >= 4 is 11.9 Å². The van der Waals surface area contributed by atoms with Crippen LogP contribution in [0.25, 0.3) is 0 Å². The molecule has 6 bridgehead atoms. The number of aliphatic hydroxyl groups is 7. The number of benzene rings is 2. The van der Waals surface area contributed by atoms with Gasteiger partial charge in [0.05, 0.1) is 23.1 Å². The Morgan fingerprint density at radius 2 is 1.44 bits per heavy atom. The van der Waals surface area contributed by atoms with Crippen LogP contribution >= 0.6 is 0 Å². The maximum absolute atomic E-state index is 13.1. The quantitative estimate of drug-likeness (QED) is 0.115. The van der Waals surface area contributed by atoms with E-state index in [9.17, 15) is 50.4 Å². The Kier molecular flexibility index (Phi) is 9.33. The topological polar surface area (TPSA) is 270 Å². The zero-order chi connectivity index (χ0) is 38.4. The van der Waals surface area contributed by atoms with E-state index in [0.717, 1.165) is 0 Å². The maximum atomic E-state index is 13.1. The molecule has 0 unspecified atom stereocenters. The molecule has 5 saturated heterocycles. The molecule has 8 aliphatic rings. The van der Waals surface area contributed by atoms with Crippen LogP contribution in [-0.2, 0) is 37.9 Å². The Balaban J connectivity index is 1.07. The lowest BCUT2D eigenvalue weighted by atomic mass is 9.41. The lowest BCUT2D eigenvalue weighted by molar-refractivity contribution is -0.428. The zero-order valence-electron chi connectivity index (χ0n) is 28.8. The normalized spacial score (nSPS) is 45.9. The fraction of sp³-hybridized carbons (Fsp3) is 0.611. The van der Waals surface area contributed by atoms with E-state index in [0.29, 0.717) is 0 Å². The summed E-state index contributed by atoms with van der Waals surface area (Å²) < 4.78 is 47.7. The van der Waals surface area contributed by atoms with Crippen molar-refractivity contribution < 1.29 is 88.3 Å². The van der Waals surface area contributed by atoms with Gasteiger partial charge in [0.15, 0.2) is 24.7 Å². The second-order valence-corrected chi connectivity index (χ2v) is 15.0. The van der Waals surface area contributed by atoms with Gasteiger partial charge in [-0.3, -0.25) is 0 Å². The van der Waals surface area contributed by atoms with E-state index in [1.165, 1.54) is 36.4 Å². The summed E-state index contributed by atoms with van der Waals surface area (Å²) in [6, 6.07) is 13.4. The molecule has 0 amide bonds. The number of aliphatic hydroxyl groups excluding tert-OH is 6. The SMILES string of the molecule is C[C@@]12C[C@@]3(O)O[C@@H](O1)[C@]1(COC(=O)c4ccc(O)cc4)[C@H]3C[C@@]12O[C@@H]1O[C@H](COC(=O)c2ccccc2)[C@@H](O[C@@H]2O[C@H](CO)[C@@H](O)[C@H](O)[C@H]2O)[C@H](O)[C@H]1O. The number of phenols is 1. The third kappa shape index (κ3) is 5.51. The number of carbonyl (C=O) groups is 2. The van der Waals surface area contributed by atoms with Gasteiger partial charge in [0.25, 0.3) is 0 Å². The van der Waals surface area contributed by atoms with Gasteiger partial charge in [-0.2, -0.15) is 0 Å². The molecule has 10 rings (SSSR count). The van der Waals surface area contributed by atoms with Gasteiger partial charge in [0.2, 0.25) is 0 Å². The molecule has 5 heterocycles. The largest absolute Gasteiger partial charge is 0.508 e. The number of carbonyl (C=O) groups excluding carboxylic acids is 2. The first-order valence-corrected chi connectivity index (χ1v) is 17.6. The Morgan fingerprint density at radius 1 is 0.796 bits per heavy atom. The van der Waals surface area contributed by atoms with Gasteiger partial charge in [-0.25, -0.2) is 9.59 Å². The van der Waals surface area contributed by atoms with Crippen molar-refractivity contribution in [3.8, 4) is 5.75 Å². The molecular weight excluding hydrogens is 720 g/mol. The Morgan fingerprint density at radius 3 is 2.15 bits per heavy atom. The molecule has 294 valence electrons.